The van der Waals surface area contributed by atoms with Crippen LogP contribution in [0.4, 0.5) is 16.3 Å². The highest BCUT2D eigenvalue weighted by atomic mass is 16.7. The van der Waals surface area contributed by atoms with Gasteiger partial charge in [-0.05, 0) is 32.9 Å². The molecule has 1 amide bonds. The summed E-state index contributed by atoms with van der Waals surface area (Å²) in [6, 6.07) is 3.53. The Bertz CT molecular complexity index is 1310. The molecule has 13 nitrogen and oxygen atoms in total. The Labute approximate surface area is 220 Å². The number of benzene rings is 1. The van der Waals surface area contributed by atoms with Gasteiger partial charge in [-0.3, -0.25) is 15.1 Å². The summed E-state index contributed by atoms with van der Waals surface area (Å²) in [5.41, 5.74) is 7.98. The minimum Gasteiger partial charge on any atom is -0.453 e. The van der Waals surface area contributed by atoms with Crippen LogP contribution in [0.15, 0.2) is 18.5 Å². The van der Waals surface area contributed by atoms with E-state index in [-0.39, 0.29) is 13.4 Å². The number of carbonyl (C=O) groups excluding carboxylic acids is 1. The number of ether oxygens (including phenoxy) is 3. The van der Waals surface area contributed by atoms with Crippen LogP contribution in [-0.4, -0.2) is 99.0 Å². The molecule has 2 aliphatic rings. The summed E-state index contributed by atoms with van der Waals surface area (Å²) in [5.74, 6) is 1.16. The number of hydrogen-bond acceptors (Lipinski definition) is 11. The Morgan fingerprint density at radius 2 is 1.79 bits per heavy atom. The molecule has 38 heavy (non-hydrogen) atoms. The van der Waals surface area contributed by atoms with Gasteiger partial charge in [-0.1, -0.05) is 0 Å². The van der Waals surface area contributed by atoms with Gasteiger partial charge in [0.05, 0.1) is 24.2 Å². The molecule has 0 spiro atoms. The summed E-state index contributed by atoms with van der Waals surface area (Å²) in [5, 5.41) is 17.4. The number of aliphatic hydroxyl groups excluding tert-OH is 1. The lowest BCUT2D eigenvalue weighted by molar-refractivity contribution is 0.0635. The van der Waals surface area contributed by atoms with Crippen LogP contribution in [0.1, 0.15) is 20.8 Å². The van der Waals surface area contributed by atoms with Crippen molar-refractivity contribution in [3.8, 4) is 22.8 Å². The van der Waals surface area contributed by atoms with Crippen molar-refractivity contribution in [2.24, 2.45) is 0 Å². The largest absolute Gasteiger partial charge is 0.453 e. The number of carbonyl (C=O) groups is 1. The Hall–Kier alpha value is -3.68. The number of nitrogens with one attached hydrogen (secondary N) is 1. The molecule has 3 aromatic rings. The van der Waals surface area contributed by atoms with Crippen LogP contribution < -0.4 is 20.5 Å². The van der Waals surface area contributed by atoms with E-state index in [1.165, 1.54) is 6.33 Å². The fourth-order valence-corrected chi connectivity index (χ4v) is 4.68. The molecular weight excluding hydrogens is 492 g/mol. The highest BCUT2D eigenvalue weighted by Crippen LogP contribution is 2.47. The zero-order valence-electron chi connectivity index (χ0n) is 21.9. The SMILES string of the molecule is CC(C)(C)OC(=O)Nc1ccc(-c2nn(CCN3CCN(CCO)CC3)c3ncnc(N)c23)c2c1OCO2. The first-order valence-electron chi connectivity index (χ1n) is 12.7. The number of piperazine rings is 1. The second kappa shape index (κ2) is 10.6. The Kier molecular flexibility index (Phi) is 7.23. The van der Waals surface area contributed by atoms with E-state index in [0.29, 0.717) is 58.4 Å². The van der Waals surface area contributed by atoms with E-state index < -0.39 is 11.7 Å². The van der Waals surface area contributed by atoms with Crippen molar-refractivity contribution >= 4 is 28.6 Å². The normalized spacial score (nSPS) is 16.2. The molecule has 4 N–H and O–H groups in total. The number of nitrogens with zero attached hydrogens (tertiary/aromatic N) is 6. The van der Waals surface area contributed by atoms with E-state index in [4.69, 9.17) is 25.0 Å². The molecule has 0 bridgehead atoms. The molecule has 2 aromatic heterocycles. The molecule has 0 aliphatic carbocycles. The van der Waals surface area contributed by atoms with Gasteiger partial charge in [-0.25, -0.2) is 19.4 Å². The summed E-state index contributed by atoms with van der Waals surface area (Å²) in [7, 11) is 0. The summed E-state index contributed by atoms with van der Waals surface area (Å²) in [4.78, 5) is 25.7. The summed E-state index contributed by atoms with van der Waals surface area (Å²) in [6.45, 7) is 11.4. The second-order valence-electron chi connectivity index (χ2n) is 10.3. The number of fused-ring (bicyclic) bond motifs is 2. The van der Waals surface area contributed by atoms with Gasteiger partial charge < -0.3 is 25.1 Å². The van der Waals surface area contributed by atoms with E-state index in [0.717, 1.165) is 32.7 Å². The van der Waals surface area contributed by atoms with Gasteiger partial charge in [0.2, 0.25) is 6.79 Å². The topological polar surface area (TPSA) is 153 Å². The molecule has 0 saturated carbocycles. The smallest absolute Gasteiger partial charge is 0.412 e. The lowest BCUT2D eigenvalue weighted by atomic mass is 10.1. The van der Waals surface area contributed by atoms with Crippen molar-refractivity contribution in [2.45, 2.75) is 32.9 Å². The van der Waals surface area contributed by atoms with Gasteiger partial charge in [0.1, 0.15) is 23.4 Å². The Morgan fingerprint density at radius 1 is 1.08 bits per heavy atom. The lowest BCUT2D eigenvalue weighted by Crippen LogP contribution is -2.47. The van der Waals surface area contributed by atoms with Gasteiger partial charge in [0.25, 0.3) is 0 Å². The monoisotopic (exact) mass is 526 g/mol. The maximum atomic E-state index is 12.4. The average molecular weight is 527 g/mol. The predicted octanol–water partition coefficient (Wildman–Crippen LogP) is 1.76. The van der Waals surface area contributed by atoms with Crippen LogP contribution in [0.5, 0.6) is 11.5 Å². The third-order valence-corrected chi connectivity index (χ3v) is 6.48. The number of nitrogen functional groups attached to an aromatic ring is 1. The number of β-amino-alcohol motifs (C(OH)–C–C–N with tert-alkyl or cyclic N) is 1. The number of aromatic nitrogens is 4. The average Bonchev–Trinajstić information content (AvgIpc) is 3.49. The van der Waals surface area contributed by atoms with Crippen LogP contribution in [0.3, 0.4) is 0 Å². The van der Waals surface area contributed by atoms with E-state index in [2.05, 4.69) is 25.1 Å². The minimum absolute atomic E-state index is 0.00221. The minimum atomic E-state index is -0.638. The van der Waals surface area contributed by atoms with E-state index in [1.807, 2.05) is 4.68 Å². The molecule has 4 heterocycles. The molecule has 0 radical (unpaired) electrons. The first-order chi connectivity index (χ1) is 18.2. The maximum Gasteiger partial charge on any atom is 0.412 e. The predicted molar refractivity (Wildman–Crippen MR) is 141 cm³/mol. The quantitative estimate of drug-likeness (QED) is 0.413. The van der Waals surface area contributed by atoms with Crippen LogP contribution >= 0.6 is 0 Å². The van der Waals surface area contributed by atoms with Gasteiger partial charge in [-0.2, -0.15) is 5.10 Å². The van der Waals surface area contributed by atoms with Crippen LogP contribution in [0, 0.1) is 0 Å². The maximum absolute atomic E-state index is 12.4. The molecule has 204 valence electrons. The molecule has 1 saturated heterocycles. The van der Waals surface area contributed by atoms with Gasteiger partial charge in [0, 0.05) is 44.8 Å². The van der Waals surface area contributed by atoms with E-state index >= 15 is 0 Å². The fourth-order valence-electron chi connectivity index (χ4n) is 4.68. The number of nitrogens with two attached hydrogens (primary N) is 1. The summed E-state index contributed by atoms with van der Waals surface area (Å²) < 4.78 is 18.7. The van der Waals surface area contributed by atoms with Crippen molar-refractivity contribution in [1.29, 1.82) is 0 Å². The van der Waals surface area contributed by atoms with Gasteiger partial charge in [-0.15, -0.1) is 0 Å². The number of hydrogen-bond donors (Lipinski definition) is 3. The molecule has 1 aromatic carbocycles. The fraction of sp³-hybridized carbons (Fsp3) is 0.520. The standard InChI is InChI=1S/C25H34N8O5/c1-25(2,3)38-24(35)29-17-5-4-16(20-21(17)37-15-36-20)19-18-22(26)27-14-28-23(18)33(30-19)11-10-31-6-8-32(9-7-31)12-13-34/h4-5,14,34H,6-13,15H2,1-3H3,(H,29,35)(H2,26,27,28). The molecule has 5 rings (SSSR count). The Morgan fingerprint density at radius 3 is 2.50 bits per heavy atom. The highest BCUT2D eigenvalue weighted by molar-refractivity contribution is 6.01. The summed E-state index contributed by atoms with van der Waals surface area (Å²) >= 11 is 0. The summed E-state index contributed by atoms with van der Waals surface area (Å²) in [6.07, 6.45) is 0.845. The number of amides is 1. The highest BCUT2D eigenvalue weighted by Gasteiger charge is 2.29. The third kappa shape index (κ3) is 5.44. The van der Waals surface area contributed by atoms with Crippen molar-refractivity contribution in [2.75, 3.05) is 63.7 Å². The van der Waals surface area contributed by atoms with Gasteiger partial charge >= 0.3 is 6.09 Å². The molecule has 13 heteroatoms. The van der Waals surface area contributed by atoms with E-state index in [9.17, 15) is 9.90 Å². The lowest BCUT2D eigenvalue weighted by Gasteiger charge is -2.34. The van der Waals surface area contributed by atoms with Crippen molar-refractivity contribution in [3.63, 3.8) is 0 Å². The van der Waals surface area contributed by atoms with Crippen LogP contribution in [0.2, 0.25) is 0 Å². The number of aliphatic hydroxyl groups is 1. The van der Waals surface area contributed by atoms with Crippen LogP contribution in [-0.2, 0) is 11.3 Å². The Balaban J connectivity index is 1.42. The third-order valence-electron chi connectivity index (χ3n) is 6.48. The molecule has 2 aliphatic heterocycles. The molecular formula is C25H34N8O5. The first kappa shape index (κ1) is 25.9. The molecule has 0 atom stereocenters. The second-order valence-corrected chi connectivity index (χ2v) is 10.3. The number of anilines is 2. The molecule has 0 unspecified atom stereocenters. The zero-order chi connectivity index (χ0) is 26.9. The zero-order valence-corrected chi connectivity index (χ0v) is 21.9. The van der Waals surface area contributed by atoms with Crippen molar-refractivity contribution < 1.29 is 24.1 Å². The van der Waals surface area contributed by atoms with Gasteiger partial charge in [0.15, 0.2) is 17.1 Å². The van der Waals surface area contributed by atoms with E-state index in [1.54, 1.807) is 32.9 Å². The van der Waals surface area contributed by atoms with Crippen molar-refractivity contribution in [3.05, 3.63) is 18.5 Å². The van der Waals surface area contributed by atoms with Crippen molar-refractivity contribution in [1.82, 2.24) is 29.5 Å². The van der Waals surface area contributed by atoms with Crippen LogP contribution in [0.25, 0.3) is 22.3 Å². The number of rotatable bonds is 7. The first-order valence-corrected chi connectivity index (χ1v) is 12.7. The molecule has 1 fully saturated rings.